The molecule has 1 fully saturated rings. The number of carbonyl (C=O) groups is 2. The number of hydrogen-bond donors (Lipinski definition) is 1. The van der Waals surface area contributed by atoms with E-state index in [2.05, 4.69) is 5.16 Å². The van der Waals surface area contributed by atoms with Gasteiger partial charge in [0, 0.05) is 12.6 Å². The lowest BCUT2D eigenvalue weighted by Crippen LogP contribution is -2.38. The molecule has 1 amide bonds. The summed E-state index contributed by atoms with van der Waals surface area (Å²) in [5.74, 6) is -1.58. The molecule has 0 aliphatic heterocycles. The zero-order valence-corrected chi connectivity index (χ0v) is 10.8. The fraction of sp³-hybridized carbons (Fsp3) is 0.583. The number of ether oxygens (including phenoxy) is 1. The smallest absolute Gasteiger partial charge is 0.308 e. The van der Waals surface area contributed by atoms with Gasteiger partial charge in [0.25, 0.3) is 11.8 Å². The zero-order chi connectivity index (χ0) is 14.0. The summed E-state index contributed by atoms with van der Waals surface area (Å²) in [5.41, 5.74) is 0. The highest BCUT2D eigenvalue weighted by Crippen LogP contribution is 2.29. The molecule has 1 aliphatic carbocycles. The predicted octanol–water partition coefficient (Wildman–Crippen LogP) is 1.01. The molecule has 0 spiro atoms. The third kappa shape index (κ3) is 3.04. The van der Waals surface area contributed by atoms with Gasteiger partial charge in [-0.1, -0.05) is 6.92 Å². The molecule has 1 saturated carbocycles. The summed E-state index contributed by atoms with van der Waals surface area (Å²) in [6, 6.07) is 1.51. The van der Waals surface area contributed by atoms with Gasteiger partial charge in [-0.05, 0) is 18.0 Å². The monoisotopic (exact) mass is 268 g/mol. The average Bonchev–Trinajstić information content (AvgIpc) is 3.11. The fourth-order valence-corrected chi connectivity index (χ4v) is 1.75. The molecule has 1 N–H and O–H groups in total. The number of rotatable bonds is 6. The van der Waals surface area contributed by atoms with Crippen LogP contribution in [0.25, 0.3) is 0 Å². The predicted molar refractivity (Wildman–Crippen MR) is 63.9 cm³/mol. The van der Waals surface area contributed by atoms with Gasteiger partial charge < -0.3 is 19.3 Å². The molecule has 7 nitrogen and oxygen atoms in total. The summed E-state index contributed by atoms with van der Waals surface area (Å²) >= 11 is 0. The van der Waals surface area contributed by atoms with Crippen molar-refractivity contribution in [2.24, 2.45) is 5.92 Å². The normalized spacial score (nSPS) is 15.9. The molecule has 1 aliphatic rings. The summed E-state index contributed by atoms with van der Waals surface area (Å²) < 4.78 is 9.76. The second kappa shape index (κ2) is 5.29. The van der Waals surface area contributed by atoms with Crippen molar-refractivity contribution in [1.82, 2.24) is 10.1 Å². The average molecular weight is 268 g/mol. The van der Waals surface area contributed by atoms with E-state index in [1.54, 1.807) is 11.8 Å². The van der Waals surface area contributed by atoms with Crippen LogP contribution < -0.4 is 4.74 Å². The van der Waals surface area contributed by atoms with Gasteiger partial charge in [-0.15, -0.1) is 0 Å². The molecular formula is C12H16N2O5. The highest BCUT2D eigenvalue weighted by atomic mass is 16.5. The van der Waals surface area contributed by atoms with E-state index in [1.807, 2.05) is 0 Å². The lowest BCUT2D eigenvalue weighted by atomic mass is 10.1. The largest absolute Gasteiger partial charge is 0.481 e. The molecule has 1 atom stereocenters. The molecule has 0 radical (unpaired) electrons. The molecule has 1 unspecified atom stereocenters. The minimum Gasteiger partial charge on any atom is -0.481 e. The van der Waals surface area contributed by atoms with Gasteiger partial charge >= 0.3 is 5.97 Å². The summed E-state index contributed by atoms with van der Waals surface area (Å²) in [7, 11) is 1.43. The van der Waals surface area contributed by atoms with E-state index in [1.165, 1.54) is 13.2 Å². The number of nitrogens with zero attached hydrogens (tertiary/aromatic N) is 2. The summed E-state index contributed by atoms with van der Waals surface area (Å²) in [6.45, 7) is 1.74. The number of carbonyl (C=O) groups excluding carboxylic acids is 1. The first-order valence-electron chi connectivity index (χ1n) is 6.07. The molecule has 2 rings (SSSR count). The first-order valence-corrected chi connectivity index (χ1v) is 6.07. The Morgan fingerprint density at radius 2 is 2.32 bits per heavy atom. The Labute approximate surface area is 110 Å². The van der Waals surface area contributed by atoms with E-state index in [9.17, 15) is 9.59 Å². The minimum atomic E-state index is -0.923. The highest BCUT2D eigenvalue weighted by molar-refractivity contribution is 5.92. The van der Waals surface area contributed by atoms with E-state index >= 15 is 0 Å². The van der Waals surface area contributed by atoms with Crippen LogP contribution in [0.5, 0.6) is 5.88 Å². The molecule has 1 aromatic rings. The van der Waals surface area contributed by atoms with Crippen molar-refractivity contribution >= 4 is 11.9 Å². The van der Waals surface area contributed by atoms with Crippen LogP contribution in [0.3, 0.4) is 0 Å². The van der Waals surface area contributed by atoms with Crippen LogP contribution in [0.4, 0.5) is 0 Å². The van der Waals surface area contributed by atoms with Crippen LogP contribution in [0, 0.1) is 5.92 Å². The van der Waals surface area contributed by atoms with Crippen molar-refractivity contribution in [2.45, 2.75) is 25.8 Å². The third-order valence-electron chi connectivity index (χ3n) is 3.05. The number of carboxylic acids is 1. The third-order valence-corrected chi connectivity index (χ3v) is 3.05. The van der Waals surface area contributed by atoms with Crippen LogP contribution >= 0.6 is 0 Å². The molecule has 0 saturated heterocycles. The van der Waals surface area contributed by atoms with Crippen molar-refractivity contribution in [3.05, 3.63) is 11.8 Å². The Morgan fingerprint density at radius 3 is 2.79 bits per heavy atom. The van der Waals surface area contributed by atoms with Crippen LogP contribution in [-0.2, 0) is 4.79 Å². The Morgan fingerprint density at radius 1 is 1.63 bits per heavy atom. The van der Waals surface area contributed by atoms with Crippen molar-refractivity contribution < 1.29 is 24.0 Å². The van der Waals surface area contributed by atoms with Crippen LogP contribution in [0.15, 0.2) is 10.6 Å². The second-order valence-electron chi connectivity index (χ2n) is 4.66. The van der Waals surface area contributed by atoms with E-state index in [0.29, 0.717) is 0 Å². The lowest BCUT2D eigenvalue weighted by molar-refractivity contribution is -0.141. The summed E-state index contributed by atoms with van der Waals surface area (Å²) in [4.78, 5) is 24.7. The Kier molecular flexibility index (Phi) is 3.73. The zero-order valence-electron chi connectivity index (χ0n) is 10.8. The fourth-order valence-electron chi connectivity index (χ4n) is 1.75. The van der Waals surface area contributed by atoms with E-state index in [4.69, 9.17) is 14.4 Å². The topological polar surface area (TPSA) is 92.9 Å². The second-order valence-corrected chi connectivity index (χ2v) is 4.66. The lowest BCUT2D eigenvalue weighted by Gasteiger charge is -2.22. The molecule has 1 heterocycles. The van der Waals surface area contributed by atoms with Crippen LogP contribution in [-0.4, -0.2) is 46.7 Å². The van der Waals surface area contributed by atoms with Gasteiger partial charge in [0.15, 0.2) is 0 Å². The van der Waals surface area contributed by atoms with Gasteiger partial charge in [-0.3, -0.25) is 9.59 Å². The van der Waals surface area contributed by atoms with Crippen molar-refractivity contribution in [3.63, 3.8) is 0 Å². The number of methoxy groups -OCH3 is 1. The Hall–Kier alpha value is -2.05. The van der Waals surface area contributed by atoms with Gasteiger partial charge in [0.1, 0.15) is 0 Å². The van der Waals surface area contributed by atoms with E-state index in [0.717, 1.165) is 12.8 Å². The van der Waals surface area contributed by atoms with Gasteiger partial charge in [0.05, 0.1) is 19.1 Å². The van der Waals surface area contributed by atoms with Gasteiger partial charge in [-0.2, -0.15) is 0 Å². The maximum absolute atomic E-state index is 12.3. The number of hydrogen-bond acceptors (Lipinski definition) is 5. The van der Waals surface area contributed by atoms with Crippen molar-refractivity contribution in [2.75, 3.05) is 13.7 Å². The molecule has 19 heavy (non-hydrogen) atoms. The van der Waals surface area contributed by atoms with Crippen LogP contribution in [0.2, 0.25) is 0 Å². The molecule has 0 aromatic carbocycles. The quantitative estimate of drug-likeness (QED) is 0.827. The minimum absolute atomic E-state index is 0.0707. The molecule has 0 bridgehead atoms. The van der Waals surface area contributed by atoms with E-state index in [-0.39, 0.29) is 30.1 Å². The molecular weight excluding hydrogens is 252 g/mol. The molecule has 104 valence electrons. The van der Waals surface area contributed by atoms with E-state index < -0.39 is 11.9 Å². The number of amides is 1. The first-order chi connectivity index (χ1) is 9.02. The maximum atomic E-state index is 12.3. The first kappa shape index (κ1) is 13.4. The van der Waals surface area contributed by atoms with Crippen LogP contribution in [0.1, 0.15) is 30.3 Å². The number of aliphatic carboxylic acids is 1. The molecule has 7 heteroatoms. The summed E-state index contributed by atoms with van der Waals surface area (Å²) in [6.07, 6.45) is 1.78. The van der Waals surface area contributed by atoms with Crippen molar-refractivity contribution in [3.8, 4) is 5.88 Å². The van der Waals surface area contributed by atoms with Crippen molar-refractivity contribution in [1.29, 1.82) is 0 Å². The standard InChI is InChI=1S/C12H16N2O5/c1-7(12(16)17)6-14(8-3-4-8)11(15)9-5-10(18-2)13-19-9/h5,7-8H,3-4,6H2,1-2H3,(H,16,17). The highest BCUT2D eigenvalue weighted by Gasteiger charge is 2.36. The maximum Gasteiger partial charge on any atom is 0.308 e. The Balaban J connectivity index is 2.10. The Bertz CT molecular complexity index is 480. The van der Waals surface area contributed by atoms with Gasteiger partial charge in [-0.25, -0.2) is 0 Å². The number of aromatic nitrogens is 1. The SMILES string of the molecule is COc1cc(C(=O)N(CC(C)C(=O)O)C2CC2)on1. The van der Waals surface area contributed by atoms with Gasteiger partial charge in [0.2, 0.25) is 5.76 Å². The summed E-state index contributed by atoms with van der Waals surface area (Å²) in [5, 5.41) is 12.5. The molecule has 1 aromatic heterocycles. The number of carboxylic acid groups (broad SMARTS) is 1.